The first-order chi connectivity index (χ1) is 11.2. The predicted molar refractivity (Wildman–Crippen MR) is 76.6 cm³/mol. The number of nitrogens with one attached hydrogen (secondary N) is 1. The Kier molecular flexibility index (Phi) is 5.12. The molecule has 0 aliphatic heterocycles. The molecule has 0 bridgehead atoms. The Hall–Kier alpha value is -2.56. The zero-order valence-corrected chi connectivity index (χ0v) is 12.5. The van der Waals surface area contributed by atoms with Crippen molar-refractivity contribution in [2.24, 2.45) is 11.8 Å². The summed E-state index contributed by atoms with van der Waals surface area (Å²) in [5, 5.41) is 19.3. The van der Waals surface area contributed by atoms with Crippen LogP contribution in [-0.2, 0) is 9.59 Å². The van der Waals surface area contributed by atoms with Crippen LogP contribution >= 0.6 is 0 Å². The number of aliphatic carboxylic acids is 1. The highest BCUT2D eigenvalue weighted by atomic mass is 19.4. The van der Waals surface area contributed by atoms with Crippen LogP contribution in [0.4, 0.5) is 13.2 Å². The molecule has 0 spiro atoms. The molecule has 1 aliphatic carbocycles. The van der Waals surface area contributed by atoms with Crippen LogP contribution < -0.4 is 5.32 Å². The number of amides is 1. The van der Waals surface area contributed by atoms with E-state index in [4.69, 9.17) is 10.4 Å². The highest BCUT2D eigenvalue weighted by Crippen LogP contribution is 2.38. The fourth-order valence-electron chi connectivity index (χ4n) is 2.73. The molecule has 1 atom stereocenters. The van der Waals surface area contributed by atoms with E-state index in [-0.39, 0.29) is 36.3 Å². The zero-order valence-electron chi connectivity index (χ0n) is 12.5. The van der Waals surface area contributed by atoms with Crippen molar-refractivity contribution in [3.8, 4) is 6.07 Å². The highest BCUT2D eigenvalue weighted by Gasteiger charge is 2.44. The lowest BCUT2D eigenvalue weighted by atomic mass is 9.72. The minimum Gasteiger partial charge on any atom is -0.481 e. The van der Waals surface area contributed by atoms with Gasteiger partial charge in [0.2, 0.25) is 5.91 Å². The van der Waals surface area contributed by atoms with E-state index in [1.54, 1.807) is 0 Å². The van der Waals surface area contributed by atoms with E-state index >= 15 is 0 Å². The normalized spacial score (nSPS) is 21.2. The van der Waals surface area contributed by atoms with Crippen molar-refractivity contribution < 1.29 is 27.9 Å². The number of carboxylic acid groups (broad SMARTS) is 1. The average molecular weight is 340 g/mol. The molecule has 1 aromatic rings. The van der Waals surface area contributed by atoms with Crippen molar-refractivity contribution in [1.82, 2.24) is 5.32 Å². The van der Waals surface area contributed by atoms with Gasteiger partial charge in [-0.15, -0.1) is 0 Å². The SMILES string of the molecule is N#Cc1ccc(C(NC(=O)C2CC(CC(=O)O)C2)C(F)(F)F)cc1. The maximum atomic E-state index is 13.2. The number of nitrogens with zero attached hydrogens (tertiary/aromatic N) is 1. The van der Waals surface area contributed by atoms with Gasteiger partial charge in [0, 0.05) is 12.3 Å². The first-order valence-corrected chi connectivity index (χ1v) is 7.29. The highest BCUT2D eigenvalue weighted by molar-refractivity contribution is 5.80. The van der Waals surface area contributed by atoms with Crippen molar-refractivity contribution in [2.75, 3.05) is 0 Å². The van der Waals surface area contributed by atoms with Crippen LogP contribution in [-0.4, -0.2) is 23.2 Å². The quantitative estimate of drug-likeness (QED) is 0.862. The summed E-state index contributed by atoms with van der Waals surface area (Å²) in [5.41, 5.74) is 0.0674. The molecule has 1 aromatic carbocycles. The van der Waals surface area contributed by atoms with E-state index in [0.717, 1.165) is 12.1 Å². The number of halogens is 3. The van der Waals surface area contributed by atoms with Crippen LogP contribution in [0.2, 0.25) is 0 Å². The fraction of sp³-hybridized carbons (Fsp3) is 0.438. The van der Waals surface area contributed by atoms with Crippen LogP contribution in [0, 0.1) is 23.2 Å². The Labute approximate surface area is 136 Å². The van der Waals surface area contributed by atoms with E-state index in [0.29, 0.717) is 0 Å². The summed E-state index contributed by atoms with van der Waals surface area (Å²) >= 11 is 0. The number of benzene rings is 1. The standard InChI is InChI=1S/C16H15F3N2O3/c17-16(18,19)14(11-3-1-9(8-20)2-4-11)21-15(24)12-5-10(6-12)7-13(22)23/h1-4,10,12,14H,5-7H2,(H,21,24)(H,22,23). The molecule has 0 heterocycles. The molecular weight excluding hydrogens is 325 g/mol. The Morgan fingerprint density at radius 3 is 2.33 bits per heavy atom. The van der Waals surface area contributed by atoms with Gasteiger partial charge in [0.05, 0.1) is 11.6 Å². The molecule has 128 valence electrons. The maximum absolute atomic E-state index is 13.2. The molecule has 0 radical (unpaired) electrons. The molecule has 2 rings (SSSR count). The van der Waals surface area contributed by atoms with Gasteiger partial charge >= 0.3 is 12.1 Å². The van der Waals surface area contributed by atoms with Gasteiger partial charge in [-0.25, -0.2) is 0 Å². The van der Waals surface area contributed by atoms with Gasteiger partial charge in [-0.2, -0.15) is 18.4 Å². The number of hydrogen-bond donors (Lipinski definition) is 2. The molecule has 24 heavy (non-hydrogen) atoms. The second-order valence-corrected chi connectivity index (χ2v) is 5.85. The summed E-state index contributed by atoms with van der Waals surface area (Å²) in [7, 11) is 0. The smallest absolute Gasteiger partial charge is 0.412 e. The van der Waals surface area contributed by atoms with Crippen molar-refractivity contribution in [1.29, 1.82) is 5.26 Å². The van der Waals surface area contributed by atoms with Crippen molar-refractivity contribution in [3.63, 3.8) is 0 Å². The molecule has 5 nitrogen and oxygen atoms in total. The third-order valence-electron chi connectivity index (χ3n) is 4.06. The number of alkyl halides is 3. The zero-order chi connectivity index (χ0) is 17.9. The molecule has 2 N–H and O–H groups in total. The lowest BCUT2D eigenvalue weighted by molar-refractivity contribution is -0.166. The van der Waals surface area contributed by atoms with Gasteiger partial charge in [-0.1, -0.05) is 12.1 Å². The van der Waals surface area contributed by atoms with Crippen LogP contribution in [0.5, 0.6) is 0 Å². The third kappa shape index (κ3) is 4.25. The first-order valence-electron chi connectivity index (χ1n) is 7.29. The van der Waals surface area contributed by atoms with Crippen LogP contribution in [0.25, 0.3) is 0 Å². The molecule has 0 aromatic heterocycles. The van der Waals surface area contributed by atoms with E-state index in [2.05, 4.69) is 0 Å². The Bertz CT molecular complexity index is 659. The van der Waals surface area contributed by atoms with E-state index < -0.39 is 30.0 Å². The van der Waals surface area contributed by atoms with Crippen LogP contribution in [0.15, 0.2) is 24.3 Å². The number of carbonyl (C=O) groups is 2. The summed E-state index contributed by atoms with van der Waals surface area (Å²) in [6.07, 6.45) is -4.21. The minimum atomic E-state index is -4.67. The molecule has 1 saturated carbocycles. The number of nitriles is 1. The van der Waals surface area contributed by atoms with Crippen LogP contribution in [0.1, 0.15) is 36.4 Å². The van der Waals surface area contributed by atoms with Gasteiger partial charge in [-0.3, -0.25) is 9.59 Å². The van der Waals surface area contributed by atoms with Crippen LogP contribution in [0.3, 0.4) is 0 Å². The molecule has 0 saturated heterocycles. The fourth-order valence-corrected chi connectivity index (χ4v) is 2.73. The van der Waals surface area contributed by atoms with Gasteiger partial charge in [0.15, 0.2) is 6.04 Å². The van der Waals surface area contributed by atoms with Crippen molar-refractivity contribution >= 4 is 11.9 Å². The molecule has 1 unspecified atom stereocenters. The van der Waals surface area contributed by atoms with E-state index in [1.165, 1.54) is 12.1 Å². The summed E-state index contributed by atoms with van der Waals surface area (Å²) < 4.78 is 39.7. The Balaban J connectivity index is 2.03. The summed E-state index contributed by atoms with van der Waals surface area (Å²) in [5.74, 6) is -2.48. The summed E-state index contributed by atoms with van der Waals surface area (Å²) in [4.78, 5) is 22.6. The number of carboxylic acids is 1. The number of rotatable bonds is 5. The van der Waals surface area contributed by atoms with Crippen molar-refractivity contribution in [3.05, 3.63) is 35.4 Å². The number of hydrogen-bond acceptors (Lipinski definition) is 3. The van der Waals surface area contributed by atoms with Gasteiger partial charge < -0.3 is 10.4 Å². The molecular formula is C16H15F3N2O3. The largest absolute Gasteiger partial charge is 0.481 e. The second-order valence-electron chi connectivity index (χ2n) is 5.85. The average Bonchev–Trinajstić information content (AvgIpc) is 2.46. The predicted octanol–water partition coefficient (Wildman–Crippen LogP) is 2.78. The topological polar surface area (TPSA) is 90.2 Å². The minimum absolute atomic E-state index is 0.0812. The first kappa shape index (κ1) is 17.8. The summed E-state index contributed by atoms with van der Waals surface area (Å²) in [6.45, 7) is 0. The lowest BCUT2D eigenvalue weighted by Gasteiger charge is -2.34. The molecule has 1 fully saturated rings. The van der Waals surface area contributed by atoms with E-state index in [9.17, 15) is 22.8 Å². The van der Waals surface area contributed by atoms with Gasteiger partial charge in [0.1, 0.15) is 0 Å². The van der Waals surface area contributed by atoms with Crippen molar-refractivity contribution in [2.45, 2.75) is 31.5 Å². The molecule has 1 amide bonds. The second kappa shape index (κ2) is 6.91. The number of carbonyl (C=O) groups excluding carboxylic acids is 1. The molecule has 1 aliphatic rings. The summed E-state index contributed by atoms with van der Waals surface area (Å²) in [6, 6.07) is 4.49. The monoisotopic (exact) mass is 340 g/mol. The van der Waals surface area contributed by atoms with Gasteiger partial charge in [0.25, 0.3) is 0 Å². The Morgan fingerprint density at radius 2 is 1.88 bits per heavy atom. The van der Waals surface area contributed by atoms with Gasteiger partial charge in [-0.05, 0) is 36.5 Å². The Morgan fingerprint density at radius 1 is 1.29 bits per heavy atom. The molecule has 8 heteroatoms. The van der Waals surface area contributed by atoms with E-state index in [1.807, 2.05) is 11.4 Å². The third-order valence-corrected chi connectivity index (χ3v) is 4.06. The lowest BCUT2D eigenvalue weighted by Crippen LogP contribution is -2.44. The maximum Gasteiger partial charge on any atom is 0.412 e.